The van der Waals surface area contributed by atoms with Crippen molar-refractivity contribution in [3.8, 4) is 11.8 Å². The van der Waals surface area contributed by atoms with E-state index in [0.29, 0.717) is 28.6 Å². The third-order valence-electron chi connectivity index (χ3n) is 5.88. The van der Waals surface area contributed by atoms with E-state index in [0.717, 1.165) is 49.8 Å². The van der Waals surface area contributed by atoms with Crippen LogP contribution >= 0.6 is 11.3 Å². The highest BCUT2D eigenvalue weighted by molar-refractivity contribution is 7.15. The number of ether oxygens (including phenoxy) is 1. The molecule has 3 rings (SSSR count). The van der Waals surface area contributed by atoms with Crippen molar-refractivity contribution in [2.75, 3.05) is 5.32 Å². The summed E-state index contributed by atoms with van der Waals surface area (Å²) in [6.45, 7) is 8.33. The summed E-state index contributed by atoms with van der Waals surface area (Å²) in [5.74, 6) is 6.55. The SMILES string of the molecule is CC1CCC(C(=O)Nc2cc(C#CC(C)(C)C)sc2C(=O)OC2CCCC(=N)C2)CC1. The fourth-order valence-electron chi connectivity index (χ4n) is 4.03. The number of esters is 1. The normalized spacial score (nSPS) is 24.1. The van der Waals surface area contributed by atoms with Gasteiger partial charge >= 0.3 is 5.97 Å². The number of nitrogens with one attached hydrogen (secondary N) is 2. The summed E-state index contributed by atoms with van der Waals surface area (Å²) in [6, 6.07) is 1.80. The molecule has 0 radical (unpaired) electrons. The zero-order valence-electron chi connectivity index (χ0n) is 19.1. The van der Waals surface area contributed by atoms with Gasteiger partial charge in [0.25, 0.3) is 0 Å². The Labute approximate surface area is 189 Å². The highest BCUT2D eigenvalue weighted by Crippen LogP contribution is 2.33. The van der Waals surface area contributed by atoms with Gasteiger partial charge in [0.1, 0.15) is 11.0 Å². The molecule has 0 aliphatic heterocycles. The highest BCUT2D eigenvalue weighted by atomic mass is 32.1. The first-order valence-electron chi connectivity index (χ1n) is 11.4. The van der Waals surface area contributed by atoms with Gasteiger partial charge in [0, 0.05) is 23.5 Å². The van der Waals surface area contributed by atoms with Gasteiger partial charge in [-0.25, -0.2) is 4.79 Å². The number of hydrogen-bond acceptors (Lipinski definition) is 5. The van der Waals surface area contributed by atoms with Crippen LogP contribution in [0.25, 0.3) is 0 Å². The fraction of sp³-hybridized carbons (Fsp3) is 0.640. The summed E-state index contributed by atoms with van der Waals surface area (Å²) in [4.78, 5) is 27.0. The number of carbonyl (C=O) groups is 2. The Balaban J connectivity index is 1.79. The minimum atomic E-state index is -0.430. The molecule has 1 aromatic rings. The van der Waals surface area contributed by atoms with Gasteiger partial charge in [0.2, 0.25) is 5.91 Å². The Bertz CT molecular complexity index is 892. The van der Waals surface area contributed by atoms with Crippen molar-refractivity contribution in [2.24, 2.45) is 17.3 Å². The van der Waals surface area contributed by atoms with E-state index in [1.807, 2.05) is 20.8 Å². The monoisotopic (exact) mass is 442 g/mol. The average molecular weight is 443 g/mol. The molecule has 6 heteroatoms. The van der Waals surface area contributed by atoms with Gasteiger partial charge in [-0.1, -0.05) is 18.8 Å². The van der Waals surface area contributed by atoms with Crippen molar-refractivity contribution in [2.45, 2.75) is 85.2 Å². The number of thiophene rings is 1. The third-order valence-corrected chi connectivity index (χ3v) is 6.91. The average Bonchev–Trinajstić information content (AvgIpc) is 3.09. The van der Waals surface area contributed by atoms with Crippen LogP contribution in [0.1, 0.15) is 93.6 Å². The molecule has 2 N–H and O–H groups in total. The molecule has 0 spiro atoms. The summed E-state index contributed by atoms with van der Waals surface area (Å²) < 4.78 is 5.72. The van der Waals surface area contributed by atoms with E-state index >= 15 is 0 Å². The maximum absolute atomic E-state index is 13.0. The van der Waals surface area contributed by atoms with E-state index in [9.17, 15) is 9.59 Å². The molecule has 2 aliphatic rings. The van der Waals surface area contributed by atoms with E-state index in [1.165, 1.54) is 11.3 Å². The van der Waals surface area contributed by atoms with E-state index in [4.69, 9.17) is 10.1 Å². The molecule has 2 aliphatic carbocycles. The Morgan fingerprint density at radius 2 is 1.90 bits per heavy atom. The van der Waals surface area contributed by atoms with E-state index in [-0.39, 0.29) is 23.3 Å². The Hall–Kier alpha value is -2.13. The molecular formula is C25H34N2O3S. The number of anilines is 1. The second-order valence-electron chi connectivity index (χ2n) is 10.0. The van der Waals surface area contributed by atoms with Crippen LogP contribution in [0.4, 0.5) is 5.69 Å². The predicted molar refractivity (Wildman–Crippen MR) is 126 cm³/mol. The lowest BCUT2D eigenvalue weighted by Gasteiger charge is -2.25. The molecule has 1 heterocycles. The molecule has 5 nitrogen and oxygen atoms in total. The van der Waals surface area contributed by atoms with Crippen LogP contribution in [0, 0.1) is 34.5 Å². The van der Waals surface area contributed by atoms with E-state index < -0.39 is 5.97 Å². The largest absolute Gasteiger partial charge is 0.458 e. The van der Waals surface area contributed by atoms with Crippen molar-refractivity contribution >= 4 is 34.6 Å². The molecule has 0 saturated heterocycles. The van der Waals surface area contributed by atoms with Gasteiger partial charge < -0.3 is 15.5 Å². The van der Waals surface area contributed by atoms with Gasteiger partial charge in [0.05, 0.1) is 10.6 Å². The van der Waals surface area contributed by atoms with Crippen molar-refractivity contribution in [1.29, 1.82) is 5.41 Å². The summed E-state index contributed by atoms with van der Waals surface area (Å²) in [5, 5.41) is 10.9. The van der Waals surface area contributed by atoms with Crippen LogP contribution in [0.15, 0.2) is 6.07 Å². The van der Waals surface area contributed by atoms with Crippen molar-refractivity contribution in [3.63, 3.8) is 0 Å². The van der Waals surface area contributed by atoms with Gasteiger partial charge in [-0.2, -0.15) is 0 Å². The lowest BCUT2D eigenvalue weighted by Crippen LogP contribution is -2.28. The van der Waals surface area contributed by atoms with Crippen LogP contribution in [0.3, 0.4) is 0 Å². The van der Waals surface area contributed by atoms with E-state index in [1.54, 1.807) is 6.07 Å². The second kappa shape index (κ2) is 9.99. The first-order chi connectivity index (χ1) is 14.6. The Morgan fingerprint density at radius 1 is 1.19 bits per heavy atom. The van der Waals surface area contributed by atoms with Gasteiger partial charge in [0.15, 0.2) is 0 Å². The molecule has 0 aromatic carbocycles. The molecule has 168 valence electrons. The number of amides is 1. The van der Waals surface area contributed by atoms with Crippen LogP contribution in [-0.2, 0) is 9.53 Å². The number of rotatable bonds is 4. The van der Waals surface area contributed by atoms with Crippen LogP contribution in [-0.4, -0.2) is 23.7 Å². The topological polar surface area (TPSA) is 79.2 Å². The summed E-state index contributed by atoms with van der Waals surface area (Å²) >= 11 is 1.27. The molecule has 1 unspecified atom stereocenters. The summed E-state index contributed by atoms with van der Waals surface area (Å²) in [7, 11) is 0. The molecular weight excluding hydrogens is 408 g/mol. The lowest BCUT2D eigenvalue weighted by molar-refractivity contribution is -0.121. The van der Waals surface area contributed by atoms with Crippen molar-refractivity contribution in [1.82, 2.24) is 0 Å². The molecule has 1 aromatic heterocycles. The van der Waals surface area contributed by atoms with Gasteiger partial charge in [-0.15, -0.1) is 11.3 Å². The molecule has 1 atom stereocenters. The molecule has 2 fully saturated rings. The smallest absolute Gasteiger partial charge is 0.350 e. The maximum Gasteiger partial charge on any atom is 0.350 e. The van der Waals surface area contributed by atoms with Crippen LogP contribution in [0.2, 0.25) is 0 Å². The first-order valence-corrected chi connectivity index (χ1v) is 12.2. The van der Waals surface area contributed by atoms with Crippen molar-refractivity contribution < 1.29 is 14.3 Å². The molecule has 31 heavy (non-hydrogen) atoms. The minimum absolute atomic E-state index is 0.0112. The van der Waals surface area contributed by atoms with Gasteiger partial charge in [-0.3, -0.25) is 4.79 Å². The quantitative estimate of drug-likeness (QED) is 0.441. The second-order valence-corrected chi connectivity index (χ2v) is 11.1. The minimum Gasteiger partial charge on any atom is -0.458 e. The fourth-order valence-corrected chi connectivity index (χ4v) is 4.88. The molecule has 2 saturated carbocycles. The predicted octanol–water partition coefficient (Wildman–Crippen LogP) is 6.03. The Morgan fingerprint density at radius 3 is 2.55 bits per heavy atom. The van der Waals surface area contributed by atoms with Gasteiger partial charge in [-0.05, 0) is 77.7 Å². The summed E-state index contributed by atoms with van der Waals surface area (Å²) in [6.07, 6.45) is 6.56. The summed E-state index contributed by atoms with van der Waals surface area (Å²) in [5.41, 5.74) is 0.977. The third kappa shape index (κ3) is 6.93. The van der Waals surface area contributed by atoms with Crippen LogP contribution < -0.4 is 5.32 Å². The molecule has 0 bridgehead atoms. The van der Waals surface area contributed by atoms with E-state index in [2.05, 4.69) is 24.1 Å². The zero-order chi connectivity index (χ0) is 22.6. The van der Waals surface area contributed by atoms with Crippen LogP contribution in [0.5, 0.6) is 0 Å². The molecule has 1 amide bonds. The standard InChI is InChI=1S/C25H34N2O3S/c1-16-8-10-17(11-9-16)23(28)27-21-15-20(12-13-25(2,3)4)31-22(21)24(29)30-19-7-5-6-18(26)14-19/h15-17,19,26H,5-11,14H2,1-4H3,(H,27,28). The Kier molecular flexibility index (Phi) is 7.59. The highest BCUT2D eigenvalue weighted by Gasteiger charge is 2.28. The number of hydrogen-bond donors (Lipinski definition) is 2. The zero-order valence-corrected chi connectivity index (χ0v) is 19.9. The lowest BCUT2D eigenvalue weighted by atomic mass is 9.82. The first kappa shape index (κ1) is 23.5. The number of carbonyl (C=O) groups excluding carboxylic acids is 2. The van der Waals surface area contributed by atoms with Crippen molar-refractivity contribution in [3.05, 3.63) is 15.8 Å². The maximum atomic E-state index is 13.0.